The van der Waals surface area contributed by atoms with Crippen LogP contribution in [-0.4, -0.2) is 66.1 Å². The maximum atomic E-state index is 14.5. The molecule has 0 aromatic heterocycles. The number of amides is 2. The molecule has 248 valence electrons. The molecule has 0 heterocycles. The molecule has 0 aliphatic carbocycles. The number of sulfonamides is 1. The lowest BCUT2D eigenvalue weighted by Crippen LogP contribution is -2.53. The minimum Gasteiger partial charge on any atom is -0.495 e. The number of halogens is 2. The average Bonchev–Trinajstić information content (AvgIpc) is 3.08. The minimum absolute atomic E-state index is 0.0189. The Morgan fingerprint density at radius 2 is 1.40 bits per heavy atom. The monoisotopic (exact) mass is 699 g/mol. The van der Waals surface area contributed by atoms with Gasteiger partial charge in [0.1, 0.15) is 18.3 Å². The van der Waals surface area contributed by atoms with Crippen LogP contribution in [0.15, 0.2) is 95.9 Å². The number of benzene rings is 4. The molecule has 2 amide bonds. The number of carbonyl (C=O) groups is 2. The fourth-order valence-electron chi connectivity index (χ4n) is 5.03. The van der Waals surface area contributed by atoms with Gasteiger partial charge in [0, 0.05) is 36.1 Å². The third kappa shape index (κ3) is 8.48. The van der Waals surface area contributed by atoms with Gasteiger partial charge in [0.25, 0.3) is 10.0 Å². The van der Waals surface area contributed by atoms with Crippen LogP contribution >= 0.6 is 23.2 Å². The molecule has 10 nitrogen and oxygen atoms in total. The summed E-state index contributed by atoms with van der Waals surface area (Å²) in [4.78, 5) is 29.2. The van der Waals surface area contributed by atoms with E-state index in [1.165, 1.54) is 63.6 Å². The van der Waals surface area contributed by atoms with Crippen LogP contribution in [0.25, 0.3) is 0 Å². The normalized spacial score (nSPS) is 11.7. The van der Waals surface area contributed by atoms with Gasteiger partial charge in [-0.05, 0) is 53.6 Å². The lowest BCUT2D eigenvalue weighted by molar-refractivity contribution is -0.139. The summed E-state index contributed by atoms with van der Waals surface area (Å²) in [7, 11) is 1.18. The largest absolute Gasteiger partial charge is 0.495 e. The minimum atomic E-state index is -4.49. The molecule has 0 saturated carbocycles. The predicted octanol–water partition coefficient (Wildman–Crippen LogP) is 5.60. The zero-order chi connectivity index (χ0) is 34.1. The fourth-order valence-corrected chi connectivity index (χ4v) is 6.84. The van der Waals surface area contributed by atoms with E-state index >= 15 is 0 Å². The van der Waals surface area contributed by atoms with Gasteiger partial charge in [-0.2, -0.15) is 0 Å². The molecule has 1 N–H and O–H groups in total. The average molecular weight is 701 g/mol. The Hall–Kier alpha value is -4.45. The van der Waals surface area contributed by atoms with Crippen molar-refractivity contribution in [1.29, 1.82) is 0 Å². The molecular formula is C34H35Cl2N3O7S. The van der Waals surface area contributed by atoms with Crippen molar-refractivity contribution < 1.29 is 32.2 Å². The lowest BCUT2D eigenvalue weighted by atomic mass is 10.0. The Morgan fingerprint density at radius 1 is 0.766 bits per heavy atom. The second-order valence-corrected chi connectivity index (χ2v) is 13.1. The predicted molar refractivity (Wildman–Crippen MR) is 182 cm³/mol. The van der Waals surface area contributed by atoms with Crippen LogP contribution in [0.1, 0.15) is 11.1 Å². The van der Waals surface area contributed by atoms with Crippen molar-refractivity contribution >= 4 is 50.7 Å². The number of hydrogen-bond donors (Lipinski definition) is 1. The lowest BCUT2D eigenvalue weighted by Gasteiger charge is -2.34. The van der Waals surface area contributed by atoms with Gasteiger partial charge in [-0.15, -0.1) is 0 Å². The number of anilines is 1. The highest BCUT2D eigenvalue weighted by Crippen LogP contribution is 2.37. The van der Waals surface area contributed by atoms with Crippen molar-refractivity contribution in [1.82, 2.24) is 10.2 Å². The van der Waals surface area contributed by atoms with Gasteiger partial charge in [-0.1, -0.05) is 65.7 Å². The van der Waals surface area contributed by atoms with Crippen LogP contribution in [0, 0.1) is 0 Å². The highest BCUT2D eigenvalue weighted by atomic mass is 35.5. The van der Waals surface area contributed by atoms with Crippen molar-refractivity contribution in [3.05, 3.63) is 112 Å². The first kappa shape index (κ1) is 35.4. The molecule has 0 bridgehead atoms. The molecule has 47 heavy (non-hydrogen) atoms. The zero-order valence-electron chi connectivity index (χ0n) is 26.3. The van der Waals surface area contributed by atoms with Crippen LogP contribution in [-0.2, 0) is 32.6 Å². The number of methoxy groups -OCH3 is 3. The smallest absolute Gasteiger partial charge is 0.265 e. The van der Waals surface area contributed by atoms with E-state index < -0.39 is 34.4 Å². The molecule has 0 aliphatic rings. The first-order valence-electron chi connectivity index (χ1n) is 14.4. The van der Waals surface area contributed by atoms with Gasteiger partial charge >= 0.3 is 0 Å². The molecule has 4 aromatic rings. The SMILES string of the molecule is CNC(=O)C(Cc1ccccc1)N(Cc1cccc(Cl)c1)C(=O)CN(c1cc(Cl)ccc1OC)S(=O)(=O)c1ccc(OC)c(OC)c1. The quantitative estimate of drug-likeness (QED) is 0.182. The highest BCUT2D eigenvalue weighted by molar-refractivity contribution is 7.92. The second kappa shape index (κ2) is 15.9. The maximum Gasteiger partial charge on any atom is 0.265 e. The van der Waals surface area contributed by atoms with Crippen molar-refractivity contribution in [2.75, 3.05) is 39.2 Å². The third-order valence-corrected chi connectivity index (χ3v) is 9.62. The van der Waals surface area contributed by atoms with Crippen molar-refractivity contribution in [2.45, 2.75) is 23.9 Å². The standard InChI is InChI=1S/C34H35Cl2N3O7S/c1-37-34(41)29(18-23-9-6-5-7-10-23)38(21-24-11-8-12-25(35)17-24)33(40)22-39(28-19-26(36)13-15-30(28)44-2)47(42,43)27-14-16-31(45-3)32(20-27)46-4/h5-17,19-20,29H,18,21-22H2,1-4H3,(H,37,41). The number of nitrogens with zero attached hydrogens (tertiary/aromatic N) is 2. The summed E-state index contributed by atoms with van der Waals surface area (Å²) in [5.41, 5.74) is 1.46. The molecule has 0 saturated heterocycles. The van der Waals surface area contributed by atoms with E-state index in [1.54, 1.807) is 30.3 Å². The van der Waals surface area contributed by atoms with Crippen LogP contribution in [0.2, 0.25) is 10.0 Å². The van der Waals surface area contributed by atoms with E-state index in [0.29, 0.717) is 16.3 Å². The van der Waals surface area contributed by atoms with Gasteiger partial charge in [0.05, 0.1) is 31.9 Å². The van der Waals surface area contributed by atoms with E-state index in [1.807, 2.05) is 30.3 Å². The molecule has 4 rings (SSSR count). The summed E-state index contributed by atoms with van der Waals surface area (Å²) in [6, 6.07) is 23.6. The highest BCUT2D eigenvalue weighted by Gasteiger charge is 2.36. The Labute approximate surface area is 284 Å². The van der Waals surface area contributed by atoms with Crippen LogP contribution < -0.4 is 23.8 Å². The van der Waals surface area contributed by atoms with Gasteiger partial charge in [0.2, 0.25) is 11.8 Å². The van der Waals surface area contributed by atoms with Crippen LogP contribution in [0.5, 0.6) is 17.2 Å². The molecular weight excluding hydrogens is 665 g/mol. The number of nitrogens with one attached hydrogen (secondary N) is 1. The van der Waals surface area contributed by atoms with Crippen molar-refractivity contribution in [3.63, 3.8) is 0 Å². The van der Waals surface area contributed by atoms with Crippen molar-refractivity contribution in [2.24, 2.45) is 0 Å². The Bertz CT molecular complexity index is 1820. The summed E-state index contributed by atoms with van der Waals surface area (Å²) in [6.45, 7) is -0.753. The first-order chi connectivity index (χ1) is 22.5. The van der Waals surface area contributed by atoms with Crippen LogP contribution in [0.4, 0.5) is 5.69 Å². The van der Waals surface area contributed by atoms with E-state index in [-0.39, 0.29) is 40.1 Å². The molecule has 13 heteroatoms. The van der Waals surface area contributed by atoms with Crippen LogP contribution in [0.3, 0.4) is 0 Å². The molecule has 4 aromatic carbocycles. The second-order valence-electron chi connectivity index (χ2n) is 10.3. The topological polar surface area (TPSA) is 114 Å². The summed E-state index contributed by atoms with van der Waals surface area (Å²) in [5.74, 6) is -0.460. The number of likely N-dealkylation sites (N-methyl/N-ethyl adjacent to an activating group) is 1. The number of rotatable bonds is 14. The number of carbonyl (C=O) groups excluding carboxylic acids is 2. The maximum absolute atomic E-state index is 14.5. The molecule has 0 fully saturated rings. The summed E-state index contributed by atoms with van der Waals surface area (Å²) >= 11 is 12.6. The zero-order valence-corrected chi connectivity index (χ0v) is 28.6. The van der Waals surface area contributed by atoms with Gasteiger partial charge in [0.15, 0.2) is 11.5 Å². The van der Waals surface area contributed by atoms with Gasteiger partial charge in [-0.25, -0.2) is 8.42 Å². The molecule has 0 aliphatic heterocycles. The number of ether oxygens (including phenoxy) is 3. The summed E-state index contributed by atoms with van der Waals surface area (Å²) in [6.07, 6.45) is 0.162. The summed E-state index contributed by atoms with van der Waals surface area (Å²) in [5, 5.41) is 3.31. The Kier molecular flexibility index (Phi) is 12.0. The Morgan fingerprint density at radius 3 is 2.04 bits per heavy atom. The van der Waals surface area contributed by atoms with E-state index in [4.69, 9.17) is 37.4 Å². The number of hydrogen-bond acceptors (Lipinski definition) is 7. The van der Waals surface area contributed by atoms with E-state index in [2.05, 4.69) is 5.32 Å². The van der Waals surface area contributed by atoms with Crippen molar-refractivity contribution in [3.8, 4) is 17.2 Å². The Balaban J connectivity index is 1.87. The first-order valence-corrected chi connectivity index (χ1v) is 16.6. The van der Waals surface area contributed by atoms with E-state index in [9.17, 15) is 18.0 Å². The summed E-state index contributed by atoms with van der Waals surface area (Å²) < 4.78 is 46.0. The van der Waals surface area contributed by atoms with Gasteiger partial charge < -0.3 is 24.4 Å². The molecule has 1 atom stereocenters. The van der Waals surface area contributed by atoms with E-state index in [0.717, 1.165) is 9.87 Å². The van der Waals surface area contributed by atoms with Gasteiger partial charge in [-0.3, -0.25) is 13.9 Å². The molecule has 1 unspecified atom stereocenters. The molecule has 0 spiro atoms. The molecule has 0 radical (unpaired) electrons. The fraction of sp³-hybridized carbons (Fsp3) is 0.235. The third-order valence-electron chi connectivity index (χ3n) is 7.39.